The van der Waals surface area contributed by atoms with E-state index in [1.807, 2.05) is 19.9 Å². The number of carbonyl (C=O) groups excluding carboxylic acids is 1. The van der Waals surface area contributed by atoms with Gasteiger partial charge in [-0.15, -0.1) is 0 Å². The Morgan fingerprint density at radius 3 is 2.87 bits per heavy atom. The molecule has 2 nitrogen and oxygen atoms in total. The van der Waals surface area contributed by atoms with E-state index in [-0.39, 0.29) is 11.8 Å². The first-order valence-corrected chi connectivity index (χ1v) is 5.97. The van der Waals surface area contributed by atoms with Gasteiger partial charge in [0, 0.05) is 15.4 Å². The Hall–Kier alpha value is -0.540. The van der Waals surface area contributed by atoms with Crippen molar-refractivity contribution in [3.63, 3.8) is 0 Å². The summed E-state index contributed by atoms with van der Waals surface area (Å²) < 4.78 is 0.837. The maximum Gasteiger partial charge on any atom is 0.227 e. The second kappa shape index (κ2) is 5.52. The molecule has 0 bridgehead atoms. The third-order valence-electron chi connectivity index (χ3n) is 2.25. The molecule has 0 aliphatic heterocycles. The van der Waals surface area contributed by atoms with Gasteiger partial charge in [0.05, 0.1) is 5.69 Å². The second-order valence-electron chi connectivity index (χ2n) is 3.42. The number of hydrogen-bond donors (Lipinski definition) is 1. The van der Waals surface area contributed by atoms with E-state index in [9.17, 15) is 4.79 Å². The van der Waals surface area contributed by atoms with Crippen LogP contribution in [0.4, 0.5) is 5.69 Å². The average Bonchev–Trinajstić information content (AvgIpc) is 2.22. The summed E-state index contributed by atoms with van der Waals surface area (Å²) >= 11 is 9.20. The lowest BCUT2D eigenvalue weighted by atomic mass is 10.1. The standard InChI is InChI=1S/C11H13BrClNO/c1-3-7(2)11(15)14-10-6-8(13)4-5-9(10)12/h4-7H,3H2,1-2H3,(H,14,15). The Morgan fingerprint density at radius 2 is 2.27 bits per heavy atom. The maximum absolute atomic E-state index is 11.6. The van der Waals surface area contributed by atoms with Crippen LogP contribution in [-0.2, 0) is 4.79 Å². The Bertz CT molecular complexity index is 368. The molecule has 1 aromatic carbocycles. The number of hydrogen-bond acceptors (Lipinski definition) is 1. The van der Waals surface area contributed by atoms with Crippen molar-refractivity contribution in [1.29, 1.82) is 0 Å². The summed E-state index contributed by atoms with van der Waals surface area (Å²) in [5, 5.41) is 3.44. The largest absolute Gasteiger partial charge is 0.325 e. The molecule has 1 atom stereocenters. The molecule has 0 saturated carbocycles. The molecule has 0 aromatic heterocycles. The normalized spacial score (nSPS) is 12.3. The summed E-state index contributed by atoms with van der Waals surface area (Å²) in [5.74, 6) is 0.0244. The van der Waals surface area contributed by atoms with Gasteiger partial charge in [0.25, 0.3) is 0 Å². The second-order valence-corrected chi connectivity index (χ2v) is 4.71. The molecule has 0 aliphatic rings. The quantitative estimate of drug-likeness (QED) is 0.892. The van der Waals surface area contributed by atoms with Gasteiger partial charge in [-0.3, -0.25) is 4.79 Å². The molecule has 0 spiro atoms. The molecular formula is C11H13BrClNO. The number of halogens is 2. The van der Waals surface area contributed by atoms with Crippen molar-refractivity contribution in [3.05, 3.63) is 27.7 Å². The van der Waals surface area contributed by atoms with E-state index in [1.54, 1.807) is 12.1 Å². The van der Waals surface area contributed by atoms with E-state index in [0.29, 0.717) is 10.7 Å². The fraction of sp³-hybridized carbons (Fsp3) is 0.364. The molecule has 0 radical (unpaired) electrons. The van der Waals surface area contributed by atoms with Crippen LogP contribution in [-0.4, -0.2) is 5.91 Å². The molecule has 0 heterocycles. The average molecular weight is 291 g/mol. The van der Waals surface area contributed by atoms with Crippen LogP contribution in [0.1, 0.15) is 20.3 Å². The minimum absolute atomic E-state index is 0.0101. The number of amides is 1. The minimum Gasteiger partial charge on any atom is -0.325 e. The van der Waals surface area contributed by atoms with E-state index < -0.39 is 0 Å². The van der Waals surface area contributed by atoms with Crippen LogP contribution in [0.3, 0.4) is 0 Å². The van der Waals surface area contributed by atoms with E-state index >= 15 is 0 Å². The van der Waals surface area contributed by atoms with Gasteiger partial charge < -0.3 is 5.32 Å². The highest BCUT2D eigenvalue weighted by atomic mass is 79.9. The van der Waals surface area contributed by atoms with Crippen LogP contribution in [0.5, 0.6) is 0 Å². The fourth-order valence-electron chi connectivity index (χ4n) is 1.03. The lowest BCUT2D eigenvalue weighted by Gasteiger charge is -2.11. The molecular weight excluding hydrogens is 277 g/mol. The van der Waals surface area contributed by atoms with Crippen LogP contribution in [0, 0.1) is 5.92 Å². The van der Waals surface area contributed by atoms with Gasteiger partial charge in [-0.25, -0.2) is 0 Å². The molecule has 0 saturated heterocycles. The van der Waals surface area contributed by atoms with Crippen molar-refractivity contribution >= 4 is 39.1 Å². The first kappa shape index (κ1) is 12.5. The van der Waals surface area contributed by atoms with Crippen LogP contribution < -0.4 is 5.32 Å². The number of benzene rings is 1. The number of anilines is 1. The van der Waals surface area contributed by atoms with Crippen LogP contribution >= 0.6 is 27.5 Å². The van der Waals surface area contributed by atoms with Crippen molar-refractivity contribution in [3.8, 4) is 0 Å². The molecule has 0 aliphatic carbocycles. The first-order chi connectivity index (χ1) is 7.04. The molecule has 82 valence electrons. The minimum atomic E-state index is 0.0101. The van der Waals surface area contributed by atoms with Crippen molar-refractivity contribution < 1.29 is 4.79 Å². The van der Waals surface area contributed by atoms with Gasteiger partial charge in [0.2, 0.25) is 5.91 Å². The van der Waals surface area contributed by atoms with Crippen LogP contribution in [0.25, 0.3) is 0 Å². The Balaban J connectivity index is 2.80. The monoisotopic (exact) mass is 289 g/mol. The summed E-state index contributed by atoms with van der Waals surface area (Å²) in [4.78, 5) is 11.6. The number of carbonyl (C=O) groups is 1. The summed E-state index contributed by atoms with van der Waals surface area (Å²) in [6, 6.07) is 5.31. The van der Waals surface area contributed by atoms with E-state index in [1.165, 1.54) is 0 Å². The molecule has 1 aromatic rings. The van der Waals surface area contributed by atoms with Crippen molar-refractivity contribution in [2.75, 3.05) is 5.32 Å². The summed E-state index contributed by atoms with van der Waals surface area (Å²) in [6.45, 7) is 3.88. The zero-order valence-corrected chi connectivity index (χ0v) is 11.0. The predicted molar refractivity (Wildman–Crippen MR) is 67.2 cm³/mol. The highest BCUT2D eigenvalue weighted by Gasteiger charge is 2.12. The lowest BCUT2D eigenvalue weighted by Crippen LogP contribution is -2.19. The summed E-state index contributed by atoms with van der Waals surface area (Å²) in [5.41, 5.74) is 0.716. The maximum atomic E-state index is 11.6. The first-order valence-electron chi connectivity index (χ1n) is 4.80. The van der Waals surface area contributed by atoms with Crippen molar-refractivity contribution in [1.82, 2.24) is 0 Å². The fourth-order valence-corrected chi connectivity index (χ4v) is 1.55. The molecule has 1 amide bonds. The molecule has 1 unspecified atom stereocenters. The summed E-state index contributed by atoms with van der Waals surface area (Å²) in [6.07, 6.45) is 0.823. The topological polar surface area (TPSA) is 29.1 Å². The Morgan fingerprint density at radius 1 is 1.60 bits per heavy atom. The van der Waals surface area contributed by atoms with Gasteiger partial charge in [-0.2, -0.15) is 0 Å². The molecule has 4 heteroatoms. The van der Waals surface area contributed by atoms with Crippen molar-refractivity contribution in [2.45, 2.75) is 20.3 Å². The van der Waals surface area contributed by atoms with Gasteiger partial charge in [0.15, 0.2) is 0 Å². The van der Waals surface area contributed by atoms with Crippen molar-refractivity contribution in [2.24, 2.45) is 5.92 Å². The highest BCUT2D eigenvalue weighted by Crippen LogP contribution is 2.26. The van der Waals surface area contributed by atoms with E-state index in [0.717, 1.165) is 10.9 Å². The van der Waals surface area contributed by atoms with Crippen LogP contribution in [0.2, 0.25) is 5.02 Å². The number of nitrogens with one attached hydrogen (secondary N) is 1. The number of rotatable bonds is 3. The third-order valence-corrected chi connectivity index (χ3v) is 3.17. The third kappa shape index (κ3) is 3.50. The zero-order chi connectivity index (χ0) is 11.4. The molecule has 1 N–H and O–H groups in total. The van der Waals surface area contributed by atoms with Gasteiger partial charge in [0.1, 0.15) is 0 Å². The van der Waals surface area contributed by atoms with Gasteiger partial charge in [-0.1, -0.05) is 25.4 Å². The Kier molecular flexibility index (Phi) is 4.61. The SMILES string of the molecule is CCC(C)C(=O)Nc1cc(Cl)ccc1Br. The van der Waals surface area contributed by atoms with Gasteiger partial charge >= 0.3 is 0 Å². The Labute approximate surface area is 103 Å². The van der Waals surface area contributed by atoms with E-state index in [4.69, 9.17) is 11.6 Å². The van der Waals surface area contributed by atoms with E-state index in [2.05, 4.69) is 21.2 Å². The zero-order valence-electron chi connectivity index (χ0n) is 8.68. The lowest BCUT2D eigenvalue weighted by molar-refractivity contribution is -0.119. The highest BCUT2D eigenvalue weighted by molar-refractivity contribution is 9.10. The molecule has 1 rings (SSSR count). The smallest absolute Gasteiger partial charge is 0.227 e. The predicted octanol–water partition coefficient (Wildman–Crippen LogP) is 4.09. The van der Waals surface area contributed by atoms with Gasteiger partial charge in [-0.05, 0) is 40.5 Å². The van der Waals surface area contributed by atoms with Crippen LogP contribution in [0.15, 0.2) is 22.7 Å². The molecule has 15 heavy (non-hydrogen) atoms. The summed E-state index contributed by atoms with van der Waals surface area (Å²) in [7, 11) is 0. The molecule has 0 fully saturated rings.